The Balaban J connectivity index is 1.52. The lowest BCUT2D eigenvalue weighted by atomic mass is 10.2. The first-order valence-corrected chi connectivity index (χ1v) is 8.49. The highest BCUT2D eigenvalue weighted by atomic mass is 16.5. The van der Waals surface area contributed by atoms with E-state index in [1.54, 1.807) is 26.2 Å². The number of carbonyl (C=O) groups is 1. The van der Waals surface area contributed by atoms with E-state index in [4.69, 9.17) is 4.74 Å². The number of aromatic nitrogens is 4. The van der Waals surface area contributed by atoms with Gasteiger partial charge >= 0.3 is 0 Å². The number of rotatable bonds is 5. The summed E-state index contributed by atoms with van der Waals surface area (Å²) in [5, 5.41) is 6.93. The summed E-state index contributed by atoms with van der Waals surface area (Å²) in [5.74, 6) is -0.188. The van der Waals surface area contributed by atoms with E-state index in [9.17, 15) is 9.59 Å². The monoisotopic (exact) mass is 358 g/mol. The van der Waals surface area contributed by atoms with Crippen molar-refractivity contribution >= 4 is 11.6 Å². The summed E-state index contributed by atoms with van der Waals surface area (Å²) in [6, 6.07) is 1.58. The van der Waals surface area contributed by atoms with Gasteiger partial charge in [-0.1, -0.05) is 0 Å². The van der Waals surface area contributed by atoms with E-state index >= 15 is 0 Å². The highest BCUT2D eigenvalue weighted by Crippen LogP contribution is 2.16. The van der Waals surface area contributed by atoms with Crippen LogP contribution in [0.1, 0.15) is 22.5 Å². The maximum Gasteiger partial charge on any atom is 0.268 e. The predicted molar refractivity (Wildman–Crippen MR) is 95.2 cm³/mol. The van der Waals surface area contributed by atoms with E-state index in [1.807, 2.05) is 0 Å². The van der Waals surface area contributed by atoms with Gasteiger partial charge in [0.15, 0.2) is 0 Å². The maximum absolute atomic E-state index is 12.2. The molecule has 0 radical (unpaired) electrons. The van der Waals surface area contributed by atoms with Crippen LogP contribution < -0.4 is 15.8 Å². The third-order valence-electron chi connectivity index (χ3n) is 4.37. The van der Waals surface area contributed by atoms with Crippen LogP contribution in [0.15, 0.2) is 29.6 Å². The number of nitrogens with zero attached hydrogens (tertiary/aromatic N) is 5. The number of aryl methyl sites for hydroxylation is 2. The molecule has 0 bridgehead atoms. The Hall–Kier alpha value is -2.81. The molecule has 9 heteroatoms. The van der Waals surface area contributed by atoms with Gasteiger partial charge in [0.2, 0.25) is 0 Å². The smallest absolute Gasteiger partial charge is 0.268 e. The standard InChI is InChI=1S/C17H22N6O3/c1-12-15(9-18-11-20-12)17(25)19-4-3-14-10-23(5-6-26-14)13-7-16(24)22(2)21-8-13/h7-9,11,14H,3-6,10H2,1-2H3,(H,19,25). The van der Waals surface area contributed by atoms with E-state index in [0.29, 0.717) is 43.9 Å². The van der Waals surface area contributed by atoms with Crippen molar-refractivity contribution in [2.24, 2.45) is 7.05 Å². The molecule has 1 amide bonds. The van der Waals surface area contributed by atoms with Gasteiger partial charge in [0.05, 0.1) is 35.9 Å². The Morgan fingerprint density at radius 2 is 2.27 bits per heavy atom. The van der Waals surface area contributed by atoms with Crippen molar-refractivity contribution in [3.05, 3.63) is 46.4 Å². The number of hydrogen-bond acceptors (Lipinski definition) is 7. The molecule has 2 aromatic rings. The number of ether oxygens (including phenoxy) is 1. The second-order valence-electron chi connectivity index (χ2n) is 6.18. The maximum atomic E-state index is 12.2. The highest BCUT2D eigenvalue weighted by Gasteiger charge is 2.21. The molecule has 0 spiro atoms. The zero-order chi connectivity index (χ0) is 18.5. The summed E-state index contributed by atoms with van der Waals surface area (Å²) in [7, 11) is 1.62. The average molecular weight is 358 g/mol. The van der Waals surface area contributed by atoms with Gasteiger partial charge in [-0.05, 0) is 13.3 Å². The van der Waals surface area contributed by atoms with Crippen LogP contribution in [0.5, 0.6) is 0 Å². The molecule has 1 atom stereocenters. The van der Waals surface area contributed by atoms with Gasteiger partial charge in [0, 0.05) is 38.9 Å². The van der Waals surface area contributed by atoms with Gasteiger partial charge in [0.25, 0.3) is 11.5 Å². The van der Waals surface area contributed by atoms with E-state index < -0.39 is 0 Å². The molecular weight excluding hydrogens is 336 g/mol. The van der Waals surface area contributed by atoms with Gasteiger partial charge in [-0.15, -0.1) is 0 Å². The van der Waals surface area contributed by atoms with Crippen molar-refractivity contribution in [1.82, 2.24) is 25.1 Å². The molecule has 138 valence electrons. The summed E-state index contributed by atoms with van der Waals surface area (Å²) in [6.07, 6.45) is 5.26. The second kappa shape index (κ2) is 8.05. The van der Waals surface area contributed by atoms with Crippen molar-refractivity contribution in [3.8, 4) is 0 Å². The van der Waals surface area contributed by atoms with Crippen molar-refractivity contribution in [2.75, 3.05) is 31.1 Å². The number of morpholine rings is 1. The van der Waals surface area contributed by atoms with Crippen LogP contribution >= 0.6 is 0 Å². The van der Waals surface area contributed by atoms with Gasteiger partial charge in [-0.3, -0.25) is 9.59 Å². The fourth-order valence-corrected chi connectivity index (χ4v) is 2.82. The molecule has 1 N–H and O–H groups in total. The summed E-state index contributed by atoms with van der Waals surface area (Å²) >= 11 is 0. The Morgan fingerprint density at radius 3 is 3.04 bits per heavy atom. The van der Waals surface area contributed by atoms with Gasteiger partial charge in [-0.2, -0.15) is 5.10 Å². The molecule has 3 rings (SSSR count). The quantitative estimate of drug-likeness (QED) is 0.796. The second-order valence-corrected chi connectivity index (χ2v) is 6.18. The summed E-state index contributed by atoms with van der Waals surface area (Å²) in [4.78, 5) is 33.9. The minimum absolute atomic E-state index is 0.0266. The van der Waals surface area contributed by atoms with Crippen LogP contribution in [-0.2, 0) is 11.8 Å². The molecule has 0 aliphatic carbocycles. The molecular formula is C17H22N6O3. The summed E-state index contributed by atoms with van der Waals surface area (Å²) in [6.45, 7) is 4.19. The molecule has 26 heavy (non-hydrogen) atoms. The van der Waals surface area contributed by atoms with Crippen LogP contribution in [0, 0.1) is 6.92 Å². The number of amides is 1. The largest absolute Gasteiger partial charge is 0.374 e. The lowest BCUT2D eigenvalue weighted by Crippen LogP contribution is -2.44. The third-order valence-corrected chi connectivity index (χ3v) is 4.37. The normalized spacial score (nSPS) is 17.2. The van der Waals surface area contributed by atoms with Crippen molar-refractivity contribution in [2.45, 2.75) is 19.4 Å². The zero-order valence-electron chi connectivity index (χ0n) is 14.9. The fourth-order valence-electron chi connectivity index (χ4n) is 2.82. The molecule has 0 saturated carbocycles. The van der Waals surface area contributed by atoms with E-state index in [-0.39, 0.29) is 17.6 Å². The Labute approximate surface area is 151 Å². The number of hydrogen-bond donors (Lipinski definition) is 1. The third kappa shape index (κ3) is 4.23. The van der Waals surface area contributed by atoms with Crippen molar-refractivity contribution < 1.29 is 9.53 Å². The van der Waals surface area contributed by atoms with Crippen molar-refractivity contribution in [3.63, 3.8) is 0 Å². The van der Waals surface area contributed by atoms with E-state index in [1.165, 1.54) is 17.2 Å². The SMILES string of the molecule is Cc1ncncc1C(=O)NCCC1CN(c2cnn(C)c(=O)c2)CCO1. The molecule has 1 aliphatic rings. The molecule has 1 unspecified atom stereocenters. The molecule has 1 saturated heterocycles. The fraction of sp³-hybridized carbons (Fsp3) is 0.471. The first-order valence-electron chi connectivity index (χ1n) is 8.49. The topological polar surface area (TPSA) is 102 Å². The molecule has 1 fully saturated rings. The number of anilines is 1. The Kier molecular flexibility index (Phi) is 5.57. The minimum atomic E-state index is -0.188. The van der Waals surface area contributed by atoms with Crippen LogP contribution in [0.3, 0.4) is 0 Å². The van der Waals surface area contributed by atoms with Crippen LogP contribution in [-0.4, -0.2) is 58.0 Å². The molecule has 1 aliphatic heterocycles. The molecule has 0 aromatic carbocycles. The molecule has 2 aromatic heterocycles. The van der Waals surface area contributed by atoms with Gasteiger partial charge in [0.1, 0.15) is 6.33 Å². The Morgan fingerprint density at radius 1 is 1.42 bits per heavy atom. The number of nitrogens with one attached hydrogen (secondary N) is 1. The van der Waals surface area contributed by atoms with Crippen molar-refractivity contribution in [1.29, 1.82) is 0 Å². The lowest BCUT2D eigenvalue weighted by Gasteiger charge is -2.34. The highest BCUT2D eigenvalue weighted by molar-refractivity contribution is 5.94. The average Bonchev–Trinajstić information content (AvgIpc) is 2.64. The summed E-state index contributed by atoms with van der Waals surface area (Å²) < 4.78 is 7.07. The van der Waals surface area contributed by atoms with Crippen LogP contribution in [0.2, 0.25) is 0 Å². The predicted octanol–water partition coefficient (Wildman–Crippen LogP) is -0.0960. The Bertz CT molecular complexity index is 837. The van der Waals surface area contributed by atoms with Crippen LogP contribution in [0.4, 0.5) is 5.69 Å². The molecule has 3 heterocycles. The van der Waals surface area contributed by atoms with Gasteiger partial charge < -0.3 is 15.0 Å². The summed E-state index contributed by atoms with van der Waals surface area (Å²) in [5.41, 5.74) is 1.78. The van der Waals surface area contributed by atoms with E-state index in [0.717, 1.165) is 5.69 Å². The lowest BCUT2D eigenvalue weighted by molar-refractivity contribution is 0.0353. The van der Waals surface area contributed by atoms with Gasteiger partial charge in [-0.25, -0.2) is 14.6 Å². The van der Waals surface area contributed by atoms with Crippen LogP contribution in [0.25, 0.3) is 0 Å². The zero-order valence-corrected chi connectivity index (χ0v) is 14.9. The first kappa shape index (κ1) is 18.0. The minimum Gasteiger partial charge on any atom is -0.374 e. The van der Waals surface area contributed by atoms with E-state index in [2.05, 4.69) is 25.3 Å². The first-order chi connectivity index (χ1) is 12.5. The number of carbonyl (C=O) groups excluding carboxylic acids is 1. The molecule has 9 nitrogen and oxygen atoms in total.